The smallest absolute Gasteiger partial charge is 0.325 e. The van der Waals surface area contributed by atoms with Gasteiger partial charge < -0.3 is 10.1 Å². The van der Waals surface area contributed by atoms with E-state index in [2.05, 4.69) is 11.4 Å². The lowest BCUT2D eigenvalue weighted by Crippen LogP contribution is -2.44. The lowest BCUT2D eigenvalue weighted by atomic mass is 9.84. The summed E-state index contributed by atoms with van der Waals surface area (Å²) in [6.45, 7) is 4.51. The highest BCUT2D eigenvalue weighted by atomic mass is 16.5. The molecule has 0 radical (unpaired) electrons. The fourth-order valence-electron chi connectivity index (χ4n) is 4.44. The lowest BCUT2D eigenvalue weighted by molar-refractivity contribution is -0.132. The Morgan fingerprint density at radius 1 is 1.04 bits per heavy atom. The molecule has 3 amide bonds. The zero-order valence-corrected chi connectivity index (χ0v) is 16.5. The van der Waals surface area contributed by atoms with Crippen molar-refractivity contribution >= 4 is 11.9 Å². The first kappa shape index (κ1) is 18.5. The summed E-state index contributed by atoms with van der Waals surface area (Å²) in [5, 5.41) is 3.02. The van der Waals surface area contributed by atoms with Crippen LogP contribution in [0.4, 0.5) is 4.79 Å². The summed E-state index contributed by atoms with van der Waals surface area (Å²) >= 11 is 0. The number of urea groups is 1. The quantitative estimate of drug-likeness (QED) is 0.822. The van der Waals surface area contributed by atoms with Gasteiger partial charge in [-0.1, -0.05) is 42.5 Å². The number of carbonyl (C=O) groups excluding carboxylic acids is 2. The molecule has 1 N–H and O–H groups in total. The number of aryl methyl sites for hydroxylation is 3. The highest BCUT2D eigenvalue weighted by Gasteiger charge is 2.53. The van der Waals surface area contributed by atoms with Crippen LogP contribution in [0, 0.1) is 13.8 Å². The Labute approximate surface area is 165 Å². The molecule has 0 saturated carbocycles. The van der Waals surface area contributed by atoms with Crippen LogP contribution >= 0.6 is 0 Å². The first-order valence-corrected chi connectivity index (χ1v) is 9.94. The number of hydrogen-bond acceptors (Lipinski definition) is 3. The maximum Gasteiger partial charge on any atom is 0.325 e. The maximum atomic E-state index is 13.4. The van der Waals surface area contributed by atoms with Crippen molar-refractivity contribution in [2.45, 2.75) is 45.1 Å². The normalized spacial score (nSPS) is 21.4. The highest BCUT2D eigenvalue weighted by molar-refractivity contribution is 6.07. The van der Waals surface area contributed by atoms with Gasteiger partial charge in [-0.25, -0.2) is 4.79 Å². The van der Waals surface area contributed by atoms with Gasteiger partial charge >= 0.3 is 6.03 Å². The minimum Gasteiger partial charge on any atom is -0.491 e. The van der Waals surface area contributed by atoms with Gasteiger partial charge in [-0.15, -0.1) is 0 Å². The third kappa shape index (κ3) is 3.05. The van der Waals surface area contributed by atoms with Crippen LogP contribution in [0.15, 0.2) is 42.5 Å². The number of benzene rings is 2. The van der Waals surface area contributed by atoms with Gasteiger partial charge in [0.2, 0.25) is 0 Å². The third-order valence-corrected chi connectivity index (χ3v) is 5.87. The van der Waals surface area contributed by atoms with Crippen LogP contribution in [0.3, 0.4) is 0 Å². The monoisotopic (exact) mass is 378 g/mol. The van der Waals surface area contributed by atoms with Gasteiger partial charge in [0.15, 0.2) is 0 Å². The Bertz CT molecular complexity index is 904. The number of amides is 3. The average Bonchev–Trinajstić information content (AvgIpc) is 2.81. The molecular weight excluding hydrogens is 352 g/mol. The molecule has 2 aromatic rings. The zero-order chi connectivity index (χ0) is 19.7. The van der Waals surface area contributed by atoms with Crippen LogP contribution in [0.1, 0.15) is 41.5 Å². The van der Waals surface area contributed by atoms with Gasteiger partial charge in [0.1, 0.15) is 17.9 Å². The topological polar surface area (TPSA) is 58.6 Å². The van der Waals surface area contributed by atoms with Crippen LogP contribution in [-0.2, 0) is 16.8 Å². The van der Waals surface area contributed by atoms with Gasteiger partial charge in [-0.2, -0.15) is 0 Å². The molecule has 1 spiro atoms. The molecule has 146 valence electrons. The van der Waals surface area contributed by atoms with Crippen molar-refractivity contribution in [1.29, 1.82) is 0 Å². The molecule has 1 atom stereocenters. The Hall–Kier alpha value is -2.82. The predicted molar refractivity (Wildman–Crippen MR) is 107 cm³/mol. The number of nitrogens with zero attached hydrogens (tertiary/aromatic N) is 1. The molecule has 1 saturated heterocycles. The summed E-state index contributed by atoms with van der Waals surface area (Å²) in [5.74, 6) is 0.668. The molecule has 2 aromatic carbocycles. The fraction of sp³-hybridized carbons (Fsp3) is 0.391. The highest BCUT2D eigenvalue weighted by Crippen LogP contribution is 2.38. The average molecular weight is 378 g/mol. The van der Waals surface area contributed by atoms with E-state index in [1.165, 1.54) is 4.90 Å². The maximum absolute atomic E-state index is 13.4. The molecule has 1 heterocycles. The summed E-state index contributed by atoms with van der Waals surface area (Å²) in [7, 11) is 0. The van der Waals surface area contributed by atoms with Crippen LogP contribution in [0.2, 0.25) is 0 Å². The van der Waals surface area contributed by atoms with Crippen LogP contribution in [0.25, 0.3) is 0 Å². The van der Waals surface area contributed by atoms with Gasteiger partial charge in [-0.3, -0.25) is 9.69 Å². The summed E-state index contributed by atoms with van der Waals surface area (Å²) < 4.78 is 5.92. The number of carbonyl (C=O) groups is 2. The molecule has 5 nitrogen and oxygen atoms in total. The number of rotatable bonds is 4. The van der Waals surface area contributed by atoms with Crippen molar-refractivity contribution in [3.8, 4) is 5.75 Å². The van der Waals surface area contributed by atoms with Gasteiger partial charge in [-0.05, 0) is 61.8 Å². The molecule has 4 rings (SSSR count). The molecule has 1 fully saturated rings. The fourth-order valence-corrected chi connectivity index (χ4v) is 4.44. The number of para-hydroxylation sites is 1. The van der Waals surface area contributed by atoms with E-state index < -0.39 is 5.54 Å². The van der Waals surface area contributed by atoms with E-state index in [0.717, 1.165) is 47.3 Å². The van der Waals surface area contributed by atoms with Crippen LogP contribution in [0.5, 0.6) is 5.75 Å². The molecule has 0 aromatic heterocycles. The summed E-state index contributed by atoms with van der Waals surface area (Å²) in [4.78, 5) is 27.4. The van der Waals surface area contributed by atoms with Crippen molar-refractivity contribution in [1.82, 2.24) is 10.2 Å². The van der Waals surface area contributed by atoms with Crippen LogP contribution in [-0.4, -0.2) is 30.0 Å². The minimum atomic E-state index is -0.928. The molecule has 1 unspecified atom stereocenters. The number of nitrogens with one attached hydrogen (secondary N) is 1. The Kier molecular flexibility index (Phi) is 4.84. The summed E-state index contributed by atoms with van der Waals surface area (Å²) in [6, 6.07) is 13.6. The van der Waals surface area contributed by atoms with Crippen LogP contribution < -0.4 is 10.1 Å². The second kappa shape index (κ2) is 7.30. The largest absolute Gasteiger partial charge is 0.491 e. The molecule has 1 aliphatic heterocycles. The van der Waals surface area contributed by atoms with Gasteiger partial charge in [0.05, 0.1) is 6.54 Å². The summed E-state index contributed by atoms with van der Waals surface area (Å²) in [5.41, 5.74) is 3.27. The SMILES string of the molecule is Cc1cccc(C)c1OCCN1C(=O)NC2(CCCCc3ccccc32)C1=O. The Balaban J connectivity index is 1.53. The Morgan fingerprint density at radius 2 is 1.79 bits per heavy atom. The second-order valence-corrected chi connectivity index (χ2v) is 7.73. The Morgan fingerprint density at radius 3 is 2.57 bits per heavy atom. The number of fused-ring (bicyclic) bond motifs is 2. The second-order valence-electron chi connectivity index (χ2n) is 7.73. The van der Waals surface area contributed by atoms with E-state index in [9.17, 15) is 9.59 Å². The molecule has 1 aliphatic carbocycles. The molecule has 5 heteroatoms. The number of ether oxygens (including phenoxy) is 1. The van der Waals surface area contributed by atoms with Crippen molar-refractivity contribution in [2.75, 3.05) is 13.2 Å². The first-order valence-electron chi connectivity index (χ1n) is 9.94. The standard InChI is InChI=1S/C23H26N2O3/c1-16-8-7-9-17(2)20(16)28-15-14-25-21(26)23(24-22(25)27)13-6-5-11-18-10-3-4-12-19(18)23/h3-4,7-10,12H,5-6,11,13-15H2,1-2H3,(H,24,27). The number of hydrogen-bond donors (Lipinski definition) is 1. The predicted octanol–water partition coefficient (Wildman–Crippen LogP) is 3.86. The zero-order valence-electron chi connectivity index (χ0n) is 16.5. The molecular formula is C23H26N2O3. The van der Waals surface area contributed by atoms with E-state index >= 15 is 0 Å². The molecule has 0 bridgehead atoms. The number of imide groups is 1. The third-order valence-electron chi connectivity index (χ3n) is 5.87. The van der Waals surface area contributed by atoms with E-state index in [1.807, 2.05) is 50.2 Å². The van der Waals surface area contributed by atoms with Crippen molar-refractivity contribution < 1.29 is 14.3 Å². The van der Waals surface area contributed by atoms with E-state index in [0.29, 0.717) is 6.42 Å². The van der Waals surface area contributed by atoms with Crippen molar-refractivity contribution in [3.63, 3.8) is 0 Å². The lowest BCUT2D eigenvalue weighted by Gasteiger charge is -2.27. The van der Waals surface area contributed by atoms with Crippen molar-refractivity contribution in [2.24, 2.45) is 0 Å². The van der Waals surface area contributed by atoms with Crippen molar-refractivity contribution in [3.05, 3.63) is 64.7 Å². The first-order chi connectivity index (χ1) is 13.5. The minimum absolute atomic E-state index is 0.156. The van der Waals surface area contributed by atoms with Gasteiger partial charge in [0, 0.05) is 0 Å². The molecule has 28 heavy (non-hydrogen) atoms. The summed E-state index contributed by atoms with van der Waals surface area (Å²) in [6.07, 6.45) is 3.52. The van der Waals surface area contributed by atoms with Gasteiger partial charge in [0.25, 0.3) is 5.91 Å². The van der Waals surface area contributed by atoms with E-state index in [4.69, 9.17) is 4.74 Å². The van der Waals surface area contributed by atoms with E-state index in [-0.39, 0.29) is 25.1 Å². The van der Waals surface area contributed by atoms with E-state index in [1.54, 1.807) is 0 Å². The molecule has 2 aliphatic rings.